The largest absolute Gasteiger partial charge is 0.464 e. The molecular weight excluding hydrogens is 414 g/mol. The minimum absolute atomic E-state index is 0.0286. The molecule has 6 nitrogen and oxygen atoms in total. The maximum atomic E-state index is 12.0. The summed E-state index contributed by atoms with van der Waals surface area (Å²) in [6, 6.07) is 0. The molecule has 0 aliphatic carbocycles. The van der Waals surface area contributed by atoms with Crippen LogP contribution in [-0.4, -0.2) is 42.9 Å². The standard InChI is InChI=1S/C27H51N3O3/c1-4-6-8-10-11-12-13-14-15-16-17-18-20-22-25(31)29-27(28)30(3)24-26(32)33-23-21-19-9-7-5-2/h14-15H,4-13,16-24H2,1-3H3,(H2,28,29,31)/b15-14-. The summed E-state index contributed by atoms with van der Waals surface area (Å²) in [6.45, 7) is 4.81. The van der Waals surface area contributed by atoms with E-state index in [1.807, 2.05) is 0 Å². The Morgan fingerprint density at radius 3 is 1.91 bits per heavy atom. The highest BCUT2D eigenvalue weighted by Gasteiger charge is 2.13. The molecule has 192 valence electrons. The van der Waals surface area contributed by atoms with E-state index in [4.69, 9.17) is 10.1 Å². The van der Waals surface area contributed by atoms with Crippen LogP contribution in [0.5, 0.6) is 0 Å². The third-order valence-electron chi connectivity index (χ3n) is 5.68. The van der Waals surface area contributed by atoms with Crippen LogP contribution < -0.4 is 5.32 Å². The van der Waals surface area contributed by atoms with Crippen LogP contribution >= 0.6 is 0 Å². The molecule has 0 saturated carbocycles. The summed E-state index contributed by atoms with van der Waals surface area (Å²) in [7, 11) is 1.61. The molecule has 0 saturated heterocycles. The number of nitrogens with one attached hydrogen (secondary N) is 2. The van der Waals surface area contributed by atoms with Crippen molar-refractivity contribution in [3.8, 4) is 0 Å². The minimum atomic E-state index is -0.364. The van der Waals surface area contributed by atoms with Gasteiger partial charge in [0.15, 0.2) is 5.96 Å². The van der Waals surface area contributed by atoms with Crippen molar-refractivity contribution in [3.63, 3.8) is 0 Å². The van der Waals surface area contributed by atoms with Crippen LogP contribution in [-0.2, 0) is 14.3 Å². The van der Waals surface area contributed by atoms with Crippen LogP contribution in [0.3, 0.4) is 0 Å². The summed E-state index contributed by atoms with van der Waals surface area (Å²) in [5.74, 6) is -0.594. The average Bonchev–Trinajstić information content (AvgIpc) is 2.79. The van der Waals surface area contributed by atoms with Gasteiger partial charge in [-0.25, -0.2) is 0 Å². The first kappa shape index (κ1) is 31.1. The van der Waals surface area contributed by atoms with Gasteiger partial charge < -0.3 is 9.64 Å². The van der Waals surface area contributed by atoms with Gasteiger partial charge in [0, 0.05) is 13.5 Å². The van der Waals surface area contributed by atoms with Crippen LogP contribution in [0.25, 0.3) is 0 Å². The lowest BCUT2D eigenvalue weighted by molar-refractivity contribution is -0.144. The Bertz CT molecular complexity index is 535. The number of unbranched alkanes of at least 4 members (excludes halogenated alkanes) is 13. The highest BCUT2D eigenvalue weighted by Crippen LogP contribution is 2.09. The van der Waals surface area contributed by atoms with Crippen LogP contribution in [0.2, 0.25) is 0 Å². The predicted molar refractivity (Wildman–Crippen MR) is 138 cm³/mol. The van der Waals surface area contributed by atoms with E-state index in [9.17, 15) is 9.59 Å². The predicted octanol–water partition coefficient (Wildman–Crippen LogP) is 6.74. The SMILES string of the molecule is CCCCCCCC/C=C\CCCCCC(=O)NC(=N)N(C)CC(=O)OCCCCCCC. The van der Waals surface area contributed by atoms with Crippen LogP contribution in [0.4, 0.5) is 0 Å². The van der Waals surface area contributed by atoms with Gasteiger partial charge in [0.2, 0.25) is 5.91 Å². The lowest BCUT2D eigenvalue weighted by Gasteiger charge is -2.19. The van der Waals surface area contributed by atoms with Crippen molar-refractivity contribution >= 4 is 17.8 Å². The van der Waals surface area contributed by atoms with Crippen molar-refractivity contribution in [1.82, 2.24) is 10.2 Å². The minimum Gasteiger partial charge on any atom is -0.464 e. The first-order chi connectivity index (χ1) is 16.0. The van der Waals surface area contributed by atoms with Gasteiger partial charge in [-0.15, -0.1) is 0 Å². The number of amides is 1. The fourth-order valence-electron chi connectivity index (χ4n) is 3.50. The highest BCUT2D eigenvalue weighted by molar-refractivity contribution is 5.96. The van der Waals surface area contributed by atoms with Crippen molar-refractivity contribution in [2.24, 2.45) is 0 Å². The number of guanidine groups is 1. The van der Waals surface area contributed by atoms with Crippen molar-refractivity contribution < 1.29 is 14.3 Å². The number of hydrogen-bond donors (Lipinski definition) is 2. The molecular formula is C27H51N3O3. The number of allylic oxidation sites excluding steroid dienone is 2. The molecule has 0 aromatic rings. The van der Waals surface area contributed by atoms with E-state index in [0.717, 1.165) is 38.5 Å². The zero-order valence-electron chi connectivity index (χ0n) is 21.8. The number of carbonyl (C=O) groups excluding carboxylic acids is 2. The topological polar surface area (TPSA) is 82.5 Å². The number of likely N-dealkylation sites (N-methyl/N-ethyl adjacent to an activating group) is 1. The number of ether oxygens (including phenoxy) is 1. The Morgan fingerprint density at radius 1 is 0.788 bits per heavy atom. The Hall–Kier alpha value is -1.85. The van der Waals surface area contributed by atoms with Gasteiger partial charge in [0.25, 0.3) is 0 Å². The lowest BCUT2D eigenvalue weighted by Crippen LogP contribution is -2.43. The first-order valence-electron chi connectivity index (χ1n) is 13.4. The van der Waals surface area contributed by atoms with Crippen molar-refractivity contribution in [2.45, 2.75) is 123 Å². The zero-order valence-corrected chi connectivity index (χ0v) is 21.8. The fourth-order valence-corrected chi connectivity index (χ4v) is 3.50. The van der Waals surface area contributed by atoms with E-state index < -0.39 is 0 Å². The van der Waals surface area contributed by atoms with E-state index in [1.165, 1.54) is 69.1 Å². The molecule has 0 aliphatic rings. The third-order valence-corrected chi connectivity index (χ3v) is 5.68. The van der Waals surface area contributed by atoms with Crippen molar-refractivity contribution in [2.75, 3.05) is 20.2 Å². The summed E-state index contributed by atoms with van der Waals surface area (Å²) >= 11 is 0. The van der Waals surface area contributed by atoms with Gasteiger partial charge in [-0.05, 0) is 38.5 Å². The molecule has 0 rings (SSSR count). The molecule has 0 aromatic heterocycles. The van der Waals surface area contributed by atoms with E-state index in [0.29, 0.717) is 13.0 Å². The number of hydrogen-bond acceptors (Lipinski definition) is 4. The molecule has 33 heavy (non-hydrogen) atoms. The van der Waals surface area contributed by atoms with E-state index in [2.05, 4.69) is 31.3 Å². The van der Waals surface area contributed by atoms with Gasteiger partial charge in [-0.1, -0.05) is 90.2 Å². The van der Waals surface area contributed by atoms with Crippen molar-refractivity contribution in [3.05, 3.63) is 12.2 Å². The molecule has 0 atom stereocenters. The van der Waals surface area contributed by atoms with E-state index >= 15 is 0 Å². The zero-order chi connectivity index (χ0) is 24.6. The maximum absolute atomic E-state index is 12.0. The summed E-state index contributed by atoms with van der Waals surface area (Å²) in [6.07, 6.45) is 23.6. The second-order valence-corrected chi connectivity index (χ2v) is 9.01. The lowest BCUT2D eigenvalue weighted by atomic mass is 10.1. The molecule has 0 aromatic carbocycles. The second-order valence-electron chi connectivity index (χ2n) is 9.01. The summed E-state index contributed by atoms with van der Waals surface area (Å²) in [5, 5.41) is 10.5. The van der Waals surface area contributed by atoms with Gasteiger partial charge >= 0.3 is 5.97 Å². The Morgan fingerprint density at radius 2 is 1.30 bits per heavy atom. The molecule has 0 bridgehead atoms. The average molecular weight is 466 g/mol. The van der Waals surface area contributed by atoms with Gasteiger partial charge in [-0.3, -0.25) is 20.3 Å². The first-order valence-corrected chi connectivity index (χ1v) is 13.4. The van der Waals surface area contributed by atoms with Crippen LogP contribution in [0.15, 0.2) is 12.2 Å². The molecule has 0 fully saturated rings. The summed E-state index contributed by atoms with van der Waals surface area (Å²) in [4.78, 5) is 25.3. The summed E-state index contributed by atoms with van der Waals surface area (Å²) in [5.41, 5.74) is 0. The van der Waals surface area contributed by atoms with E-state index in [-0.39, 0.29) is 24.4 Å². The molecule has 0 radical (unpaired) electrons. The summed E-state index contributed by atoms with van der Waals surface area (Å²) < 4.78 is 5.21. The highest BCUT2D eigenvalue weighted by atomic mass is 16.5. The number of esters is 1. The maximum Gasteiger partial charge on any atom is 0.325 e. The second kappa shape index (κ2) is 23.3. The molecule has 0 aliphatic heterocycles. The molecule has 1 amide bonds. The van der Waals surface area contributed by atoms with Crippen LogP contribution in [0.1, 0.15) is 123 Å². The third kappa shape index (κ3) is 21.7. The number of rotatable bonds is 21. The molecule has 0 heterocycles. The fraction of sp³-hybridized carbons (Fsp3) is 0.815. The van der Waals surface area contributed by atoms with E-state index in [1.54, 1.807) is 7.05 Å². The Labute approximate surface area is 203 Å². The molecule has 0 unspecified atom stereocenters. The smallest absolute Gasteiger partial charge is 0.325 e. The normalized spacial score (nSPS) is 11.0. The van der Waals surface area contributed by atoms with Crippen molar-refractivity contribution in [1.29, 1.82) is 5.41 Å². The number of nitrogens with zero attached hydrogens (tertiary/aromatic N) is 1. The Balaban J connectivity index is 3.66. The Kier molecular flexibility index (Phi) is 22.0. The molecule has 6 heteroatoms. The number of carbonyl (C=O) groups is 2. The molecule has 0 spiro atoms. The molecule has 2 N–H and O–H groups in total. The quantitative estimate of drug-likeness (QED) is 0.0646. The van der Waals surface area contributed by atoms with Gasteiger partial charge in [0.05, 0.1) is 6.61 Å². The van der Waals surface area contributed by atoms with Gasteiger partial charge in [-0.2, -0.15) is 0 Å². The van der Waals surface area contributed by atoms with Crippen LogP contribution in [0, 0.1) is 5.41 Å². The monoisotopic (exact) mass is 465 g/mol. The van der Waals surface area contributed by atoms with Gasteiger partial charge in [0.1, 0.15) is 6.54 Å².